The highest BCUT2D eigenvalue weighted by Crippen LogP contribution is 2.34. The lowest BCUT2D eigenvalue weighted by molar-refractivity contribution is 0.207. The first-order chi connectivity index (χ1) is 15.5. The van der Waals surface area contributed by atoms with Crippen LogP contribution in [-0.2, 0) is 6.54 Å². The van der Waals surface area contributed by atoms with Crippen LogP contribution in [0.3, 0.4) is 0 Å². The van der Waals surface area contributed by atoms with Crippen LogP contribution in [0.2, 0.25) is 0 Å². The average Bonchev–Trinajstić information content (AvgIpc) is 2.83. The Balaban J connectivity index is 1.72. The first-order valence-electron chi connectivity index (χ1n) is 11.0. The molecule has 168 valence electrons. The molecule has 1 aliphatic heterocycles. The van der Waals surface area contributed by atoms with Crippen molar-refractivity contribution in [2.45, 2.75) is 31.3 Å². The van der Waals surface area contributed by atoms with E-state index in [1.807, 2.05) is 38.2 Å². The van der Waals surface area contributed by atoms with Crippen molar-refractivity contribution in [3.63, 3.8) is 0 Å². The molecule has 2 aromatic heterocycles. The van der Waals surface area contributed by atoms with Gasteiger partial charge >= 0.3 is 0 Å². The fourth-order valence-electron chi connectivity index (χ4n) is 4.51. The first kappa shape index (κ1) is 22.4. The lowest BCUT2D eigenvalue weighted by Crippen LogP contribution is -2.49. The molecule has 32 heavy (non-hydrogen) atoms. The Hall–Kier alpha value is -2.77. The number of rotatable bonds is 6. The molecule has 0 aliphatic carbocycles. The van der Waals surface area contributed by atoms with E-state index in [2.05, 4.69) is 45.3 Å². The third-order valence-corrected chi connectivity index (χ3v) is 6.94. The van der Waals surface area contributed by atoms with Gasteiger partial charge in [-0.3, -0.25) is 9.69 Å². The molecule has 0 spiro atoms. The van der Waals surface area contributed by atoms with Gasteiger partial charge in [-0.15, -0.1) is 11.8 Å². The summed E-state index contributed by atoms with van der Waals surface area (Å²) in [6.45, 7) is 7.56. The Kier molecular flexibility index (Phi) is 6.86. The van der Waals surface area contributed by atoms with Gasteiger partial charge in [0.15, 0.2) is 0 Å². The van der Waals surface area contributed by atoms with Crippen LogP contribution in [0.4, 0.5) is 5.82 Å². The molecule has 1 unspecified atom stereocenters. The summed E-state index contributed by atoms with van der Waals surface area (Å²) in [5.74, 6) is 1.04. The van der Waals surface area contributed by atoms with Gasteiger partial charge in [-0.2, -0.15) is 0 Å². The van der Waals surface area contributed by atoms with Gasteiger partial charge in [0.1, 0.15) is 11.6 Å². The first-order valence-corrected chi connectivity index (χ1v) is 12.2. The van der Waals surface area contributed by atoms with Gasteiger partial charge in [-0.25, -0.2) is 4.98 Å². The third kappa shape index (κ3) is 4.40. The number of aromatic hydroxyl groups is 1. The van der Waals surface area contributed by atoms with Gasteiger partial charge < -0.3 is 14.6 Å². The Morgan fingerprint density at radius 1 is 1.09 bits per heavy atom. The van der Waals surface area contributed by atoms with Crippen LogP contribution in [0.1, 0.15) is 29.8 Å². The largest absolute Gasteiger partial charge is 0.507 e. The molecular formula is C25H30N4O2S. The van der Waals surface area contributed by atoms with Crippen LogP contribution in [0.25, 0.3) is 0 Å². The standard InChI is InChI=1S/C25H30N4O2S/c1-4-29-18(2)17-21(30)23(25(29)31)24(19-8-10-20(32-3)11-9-19)28-15-13-27(14-16-28)22-7-5-6-12-26-22/h5-12,17,24,30H,4,13-16H2,1-3H3. The molecule has 1 N–H and O–H groups in total. The highest BCUT2D eigenvalue weighted by Gasteiger charge is 2.31. The number of hydrogen-bond acceptors (Lipinski definition) is 6. The summed E-state index contributed by atoms with van der Waals surface area (Å²) >= 11 is 1.69. The van der Waals surface area contributed by atoms with Crippen molar-refractivity contribution >= 4 is 17.6 Å². The second-order valence-corrected chi connectivity index (χ2v) is 8.90. The van der Waals surface area contributed by atoms with Gasteiger partial charge in [-0.1, -0.05) is 18.2 Å². The molecular weight excluding hydrogens is 420 g/mol. The highest BCUT2D eigenvalue weighted by atomic mass is 32.2. The minimum absolute atomic E-state index is 0.0725. The van der Waals surface area contributed by atoms with Crippen LogP contribution in [0, 0.1) is 6.92 Å². The lowest BCUT2D eigenvalue weighted by Gasteiger charge is -2.40. The number of thioether (sulfide) groups is 1. The molecule has 1 fully saturated rings. The second kappa shape index (κ2) is 9.79. The molecule has 3 heterocycles. The molecule has 4 rings (SSSR count). The predicted molar refractivity (Wildman–Crippen MR) is 131 cm³/mol. The van der Waals surface area contributed by atoms with Crippen molar-refractivity contribution in [3.8, 4) is 5.75 Å². The Labute approximate surface area is 193 Å². The van der Waals surface area contributed by atoms with E-state index in [0.717, 1.165) is 43.3 Å². The Morgan fingerprint density at radius 2 is 1.81 bits per heavy atom. The maximum Gasteiger partial charge on any atom is 0.259 e. The molecule has 3 aromatic rings. The maximum absolute atomic E-state index is 13.5. The number of aromatic nitrogens is 2. The predicted octanol–water partition coefficient (Wildman–Crippen LogP) is 3.91. The molecule has 7 heteroatoms. The summed E-state index contributed by atoms with van der Waals surface area (Å²) in [6.07, 6.45) is 3.87. The van der Waals surface area contributed by atoms with E-state index in [0.29, 0.717) is 12.1 Å². The zero-order valence-electron chi connectivity index (χ0n) is 18.9. The lowest BCUT2D eigenvalue weighted by atomic mass is 9.96. The number of pyridine rings is 2. The van der Waals surface area contributed by atoms with Crippen LogP contribution in [0.5, 0.6) is 5.75 Å². The molecule has 0 radical (unpaired) electrons. The van der Waals surface area contributed by atoms with Gasteiger partial charge in [0, 0.05) is 49.5 Å². The molecule has 0 saturated carbocycles. The van der Waals surface area contributed by atoms with Crippen molar-refractivity contribution in [1.29, 1.82) is 0 Å². The van der Waals surface area contributed by atoms with Gasteiger partial charge in [0.05, 0.1) is 11.6 Å². The van der Waals surface area contributed by atoms with Crippen molar-refractivity contribution in [1.82, 2.24) is 14.5 Å². The number of hydrogen-bond donors (Lipinski definition) is 1. The zero-order chi connectivity index (χ0) is 22.7. The molecule has 1 saturated heterocycles. The van der Waals surface area contributed by atoms with Gasteiger partial charge in [0.25, 0.3) is 5.56 Å². The number of piperazine rings is 1. The fraction of sp³-hybridized carbons (Fsp3) is 0.360. The van der Waals surface area contributed by atoms with Crippen molar-refractivity contribution in [2.24, 2.45) is 0 Å². The topological polar surface area (TPSA) is 61.6 Å². The van der Waals surface area contributed by atoms with Crippen LogP contribution in [0.15, 0.2) is 64.4 Å². The molecule has 0 amide bonds. The van der Waals surface area contributed by atoms with Crippen molar-refractivity contribution < 1.29 is 5.11 Å². The second-order valence-electron chi connectivity index (χ2n) is 8.02. The summed E-state index contributed by atoms with van der Waals surface area (Å²) in [5, 5.41) is 10.9. The fourth-order valence-corrected chi connectivity index (χ4v) is 4.92. The van der Waals surface area contributed by atoms with E-state index in [1.165, 1.54) is 4.90 Å². The molecule has 6 nitrogen and oxygen atoms in total. The summed E-state index contributed by atoms with van der Waals surface area (Å²) in [4.78, 5) is 23.7. The molecule has 1 atom stereocenters. The van der Waals surface area contributed by atoms with E-state index in [4.69, 9.17) is 0 Å². The highest BCUT2D eigenvalue weighted by molar-refractivity contribution is 7.98. The van der Waals surface area contributed by atoms with E-state index >= 15 is 0 Å². The minimum atomic E-state index is -0.303. The monoisotopic (exact) mass is 450 g/mol. The van der Waals surface area contributed by atoms with Gasteiger partial charge in [0.2, 0.25) is 0 Å². The van der Waals surface area contributed by atoms with Crippen LogP contribution < -0.4 is 10.5 Å². The van der Waals surface area contributed by atoms with Crippen molar-refractivity contribution in [3.05, 3.63) is 81.9 Å². The molecule has 1 aromatic carbocycles. The summed E-state index contributed by atoms with van der Waals surface area (Å²) < 4.78 is 1.74. The SMILES string of the molecule is CCn1c(C)cc(O)c(C(c2ccc(SC)cc2)N2CCN(c3ccccn3)CC2)c1=O. The normalized spacial score (nSPS) is 15.7. The number of nitrogens with zero attached hydrogens (tertiary/aromatic N) is 4. The smallest absolute Gasteiger partial charge is 0.259 e. The van der Waals surface area contributed by atoms with E-state index < -0.39 is 0 Å². The quantitative estimate of drug-likeness (QED) is 0.575. The van der Waals surface area contributed by atoms with E-state index in [-0.39, 0.29) is 17.4 Å². The molecule has 1 aliphatic rings. The summed E-state index contributed by atoms with van der Waals surface area (Å²) in [6, 6.07) is 15.7. The number of aryl methyl sites for hydroxylation is 1. The zero-order valence-corrected chi connectivity index (χ0v) is 19.7. The minimum Gasteiger partial charge on any atom is -0.507 e. The molecule has 0 bridgehead atoms. The van der Waals surface area contributed by atoms with Crippen molar-refractivity contribution in [2.75, 3.05) is 37.3 Å². The van der Waals surface area contributed by atoms with Crippen LogP contribution in [-0.4, -0.2) is 52.0 Å². The number of benzene rings is 1. The van der Waals surface area contributed by atoms with Crippen LogP contribution >= 0.6 is 11.8 Å². The number of anilines is 1. The Morgan fingerprint density at radius 3 is 2.41 bits per heavy atom. The summed E-state index contributed by atoms with van der Waals surface area (Å²) in [5.41, 5.74) is 2.14. The van der Waals surface area contributed by atoms with E-state index in [9.17, 15) is 9.90 Å². The van der Waals surface area contributed by atoms with Gasteiger partial charge in [-0.05, 0) is 56.0 Å². The maximum atomic E-state index is 13.5. The summed E-state index contributed by atoms with van der Waals surface area (Å²) in [7, 11) is 0. The third-order valence-electron chi connectivity index (χ3n) is 6.20. The Bertz CT molecular complexity index is 1110. The van der Waals surface area contributed by atoms with E-state index in [1.54, 1.807) is 22.4 Å². The average molecular weight is 451 g/mol.